The van der Waals surface area contributed by atoms with Gasteiger partial charge in [0, 0.05) is 17.6 Å². The number of rotatable bonds is 7. The van der Waals surface area contributed by atoms with Crippen molar-refractivity contribution in [2.45, 2.75) is 50.6 Å². The maximum atomic E-state index is 5.44. The van der Waals surface area contributed by atoms with Crippen molar-refractivity contribution in [3.63, 3.8) is 0 Å². The van der Waals surface area contributed by atoms with E-state index >= 15 is 0 Å². The molecule has 1 aromatic carbocycles. The lowest BCUT2D eigenvalue weighted by Crippen LogP contribution is -2.46. The number of ether oxygens (including phenoxy) is 1. The summed E-state index contributed by atoms with van der Waals surface area (Å²) < 4.78 is 5.44. The van der Waals surface area contributed by atoms with Gasteiger partial charge in [-0.1, -0.05) is 37.5 Å². The van der Waals surface area contributed by atoms with Gasteiger partial charge in [0.1, 0.15) is 5.75 Å². The van der Waals surface area contributed by atoms with Gasteiger partial charge < -0.3 is 15.0 Å². The largest absolute Gasteiger partial charge is 0.496 e. The van der Waals surface area contributed by atoms with Crippen molar-refractivity contribution < 1.29 is 4.74 Å². The highest BCUT2D eigenvalue weighted by atomic mass is 16.5. The Labute approximate surface area is 129 Å². The second kappa shape index (κ2) is 7.81. The first kappa shape index (κ1) is 16.3. The first-order chi connectivity index (χ1) is 10.2. The quantitative estimate of drug-likeness (QED) is 0.832. The fraction of sp³-hybridized carbons (Fsp3) is 0.667. The molecule has 0 spiro atoms. The van der Waals surface area contributed by atoms with Crippen LogP contribution < -0.4 is 10.1 Å². The zero-order valence-corrected chi connectivity index (χ0v) is 13.8. The zero-order valence-electron chi connectivity index (χ0n) is 13.8. The highest BCUT2D eigenvalue weighted by molar-refractivity contribution is 5.32. The second-order valence-electron chi connectivity index (χ2n) is 6.39. The van der Waals surface area contributed by atoms with Crippen LogP contribution in [0.1, 0.15) is 44.1 Å². The van der Waals surface area contributed by atoms with Gasteiger partial charge in [0.25, 0.3) is 0 Å². The van der Waals surface area contributed by atoms with E-state index in [-0.39, 0.29) is 0 Å². The minimum absolute atomic E-state index is 0.368. The summed E-state index contributed by atoms with van der Waals surface area (Å²) in [6, 6.07) is 8.31. The first-order valence-corrected chi connectivity index (χ1v) is 8.18. The summed E-state index contributed by atoms with van der Waals surface area (Å²) in [5.41, 5.74) is 1.64. The maximum absolute atomic E-state index is 5.44. The van der Waals surface area contributed by atoms with E-state index in [4.69, 9.17) is 4.74 Å². The van der Waals surface area contributed by atoms with Crippen molar-refractivity contribution in [2.75, 3.05) is 27.7 Å². The summed E-state index contributed by atoms with van der Waals surface area (Å²) in [5, 5.41) is 3.61. The van der Waals surface area contributed by atoms with Gasteiger partial charge in [-0.2, -0.15) is 0 Å². The average Bonchev–Trinajstić information content (AvgIpc) is 2.54. The van der Waals surface area contributed by atoms with Crippen LogP contribution in [0.4, 0.5) is 0 Å². The zero-order chi connectivity index (χ0) is 15.1. The van der Waals surface area contributed by atoms with Gasteiger partial charge in [-0.3, -0.25) is 0 Å². The molecule has 0 aromatic heterocycles. The minimum atomic E-state index is 0.368. The summed E-state index contributed by atoms with van der Waals surface area (Å²) >= 11 is 0. The van der Waals surface area contributed by atoms with E-state index in [1.165, 1.54) is 44.1 Å². The van der Waals surface area contributed by atoms with Crippen molar-refractivity contribution >= 4 is 0 Å². The van der Waals surface area contributed by atoms with Gasteiger partial charge in [0.15, 0.2) is 0 Å². The van der Waals surface area contributed by atoms with Crippen LogP contribution in [0.2, 0.25) is 0 Å². The lowest BCUT2D eigenvalue weighted by Gasteiger charge is -2.38. The molecule has 0 unspecified atom stereocenters. The molecule has 1 aliphatic rings. The molecule has 1 aromatic rings. The number of benzene rings is 1. The average molecular weight is 290 g/mol. The molecule has 0 atom stereocenters. The van der Waals surface area contributed by atoms with Gasteiger partial charge in [-0.05, 0) is 46.0 Å². The molecule has 3 nitrogen and oxygen atoms in total. The maximum Gasteiger partial charge on any atom is 0.123 e. The molecule has 0 bridgehead atoms. The van der Waals surface area contributed by atoms with Crippen LogP contribution >= 0.6 is 0 Å². The summed E-state index contributed by atoms with van der Waals surface area (Å²) in [7, 11) is 6.08. The van der Waals surface area contributed by atoms with E-state index in [1.807, 2.05) is 12.1 Å². The molecule has 1 saturated carbocycles. The Morgan fingerprint density at radius 3 is 2.57 bits per heavy atom. The van der Waals surface area contributed by atoms with Gasteiger partial charge in [0.2, 0.25) is 0 Å². The molecule has 0 heterocycles. The van der Waals surface area contributed by atoms with Crippen LogP contribution in [0.25, 0.3) is 0 Å². The number of nitrogens with zero attached hydrogens (tertiary/aromatic N) is 1. The lowest BCUT2D eigenvalue weighted by atomic mass is 9.79. The Kier molecular flexibility index (Phi) is 6.07. The predicted molar refractivity (Wildman–Crippen MR) is 88.8 cm³/mol. The topological polar surface area (TPSA) is 24.5 Å². The third kappa shape index (κ3) is 4.45. The molecule has 3 heteroatoms. The van der Waals surface area contributed by atoms with E-state index in [0.29, 0.717) is 5.54 Å². The molecule has 1 fully saturated rings. The minimum Gasteiger partial charge on any atom is -0.496 e. The fourth-order valence-corrected chi connectivity index (χ4v) is 3.46. The number of hydrogen-bond acceptors (Lipinski definition) is 3. The first-order valence-electron chi connectivity index (χ1n) is 8.18. The Morgan fingerprint density at radius 1 is 1.19 bits per heavy atom. The van der Waals surface area contributed by atoms with Gasteiger partial charge in [-0.15, -0.1) is 0 Å². The Bertz CT molecular complexity index is 427. The molecule has 0 aliphatic heterocycles. The predicted octanol–water partition coefficient (Wildman–Crippen LogP) is 3.44. The van der Waals surface area contributed by atoms with Crippen LogP contribution in [-0.4, -0.2) is 38.2 Å². The SMILES string of the molecule is CNC1(CCN(C)Cc2ccccc2OC)CCCCC1. The van der Waals surface area contributed by atoms with Crippen molar-refractivity contribution in [1.82, 2.24) is 10.2 Å². The molecule has 2 rings (SSSR count). The summed E-state index contributed by atoms with van der Waals surface area (Å²) in [6.45, 7) is 2.07. The monoisotopic (exact) mass is 290 g/mol. The Hall–Kier alpha value is -1.06. The van der Waals surface area contributed by atoms with Crippen LogP contribution in [0.15, 0.2) is 24.3 Å². The van der Waals surface area contributed by atoms with Gasteiger partial charge in [0.05, 0.1) is 7.11 Å². The van der Waals surface area contributed by atoms with Crippen molar-refractivity contribution in [3.05, 3.63) is 29.8 Å². The fourth-order valence-electron chi connectivity index (χ4n) is 3.46. The third-order valence-corrected chi connectivity index (χ3v) is 4.95. The smallest absolute Gasteiger partial charge is 0.123 e. The number of nitrogens with one attached hydrogen (secondary N) is 1. The second-order valence-corrected chi connectivity index (χ2v) is 6.39. The highest BCUT2D eigenvalue weighted by Gasteiger charge is 2.29. The number of methoxy groups -OCH3 is 1. The molecule has 21 heavy (non-hydrogen) atoms. The van der Waals surface area contributed by atoms with E-state index < -0.39 is 0 Å². The standard InChI is InChI=1S/C18H30N2O/c1-19-18(11-7-4-8-12-18)13-14-20(2)15-16-9-5-6-10-17(16)21-3/h5-6,9-10,19H,4,7-8,11-15H2,1-3H3. The number of para-hydroxylation sites is 1. The van der Waals surface area contributed by atoms with Crippen molar-refractivity contribution in [1.29, 1.82) is 0 Å². The van der Waals surface area contributed by atoms with Crippen LogP contribution in [-0.2, 0) is 6.54 Å². The van der Waals surface area contributed by atoms with E-state index in [9.17, 15) is 0 Å². The van der Waals surface area contributed by atoms with Gasteiger partial charge >= 0.3 is 0 Å². The Balaban J connectivity index is 1.88. The summed E-state index contributed by atoms with van der Waals surface area (Å²) in [5.74, 6) is 0.991. The highest BCUT2D eigenvalue weighted by Crippen LogP contribution is 2.31. The molecule has 1 N–H and O–H groups in total. The van der Waals surface area contributed by atoms with Crippen molar-refractivity contribution in [2.24, 2.45) is 0 Å². The van der Waals surface area contributed by atoms with Gasteiger partial charge in [-0.25, -0.2) is 0 Å². The van der Waals surface area contributed by atoms with E-state index in [0.717, 1.165) is 18.8 Å². The molecular weight excluding hydrogens is 260 g/mol. The molecule has 0 saturated heterocycles. The lowest BCUT2D eigenvalue weighted by molar-refractivity contribution is 0.193. The molecule has 1 aliphatic carbocycles. The van der Waals surface area contributed by atoms with Crippen LogP contribution in [0.5, 0.6) is 5.75 Å². The Morgan fingerprint density at radius 2 is 1.90 bits per heavy atom. The van der Waals surface area contributed by atoms with Crippen molar-refractivity contribution in [3.8, 4) is 5.75 Å². The summed E-state index contributed by atoms with van der Waals surface area (Å²) in [4.78, 5) is 2.41. The molecular formula is C18H30N2O. The third-order valence-electron chi connectivity index (χ3n) is 4.95. The molecule has 118 valence electrons. The summed E-state index contributed by atoms with van der Waals surface area (Å²) in [6.07, 6.45) is 8.03. The molecule has 0 amide bonds. The van der Waals surface area contributed by atoms with E-state index in [2.05, 4.69) is 36.4 Å². The molecule has 0 radical (unpaired) electrons. The van der Waals surface area contributed by atoms with E-state index in [1.54, 1.807) is 7.11 Å². The normalized spacial score (nSPS) is 17.9. The number of hydrogen-bond donors (Lipinski definition) is 1. The van der Waals surface area contributed by atoms with Crippen LogP contribution in [0.3, 0.4) is 0 Å². The van der Waals surface area contributed by atoms with Crippen LogP contribution in [0, 0.1) is 0 Å².